The second-order valence-electron chi connectivity index (χ2n) is 6.51. The Labute approximate surface area is 175 Å². The Kier molecular flexibility index (Phi) is 4.86. The molecule has 0 saturated heterocycles. The molecule has 0 bridgehead atoms. The summed E-state index contributed by atoms with van der Waals surface area (Å²) in [5.74, 6) is 1.28. The first-order valence-electron chi connectivity index (χ1n) is 8.75. The third-order valence-electron chi connectivity index (χ3n) is 5.07. The summed E-state index contributed by atoms with van der Waals surface area (Å²) in [6.45, 7) is -0.150. The van der Waals surface area contributed by atoms with Gasteiger partial charge in [0.25, 0.3) is 0 Å². The summed E-state index contributed by atoms with van der Waals surface area (Å²) in [6, 6.07) is 11.5. The van der Waals surface area contributed by atoms with E-state index in [4.69, 9.17) is 19.9 Å². The second-order valence-corrected chi connectivity index (χ2v) is 7.36. The fourth-order valence-corrected chi connectivity index (χ4v) is 4.38. The van der Waals surface area contributed by atoms with E-state index in [1.165, 1.54) is 0 Å². The van der Waals surface area contributed by atoms with E-state index in [0.717, 1.165) is 22.0 Å². The van der Waals surface area contributed by atoms with Crippen molar-refractivity contribution in [1.82, 2.24) is 4.57 Å². The van der Waals surface area contributed by atoms with Crippen LogP contribution in [0.25, 0.3) is 10.9 Å². The van der Waals surface area contributed by atoms with Crippen LogP contribution in [0, 0.1) is 11.3 Å². The molecule has 8 heteroatoms. The fraction of sp³-hybridized carbons (Fsp3) is 0.190. The standard InChI is InChI=1S/C21H18BrN3O4/c1-27-17-8-11(7-15(22)20(17)28-2)18-13-3-4-16-12(5-6-25(16)10-26)19(13)29-21(24)14(18)9-23/h3-8,18,26H,10,24H2,1-2H3. The van der Waals surface area contributed by atoms with Crippen LogP contribution in [-0.2, 0) is 6.73 Å². The quantitative estimate of drug-likeness (QED) is 0.622. The molecule has 0 radical (unpaired) electrons. The van der Waals surface area contributed by atoms with Crippen LogP contribution >= 0.6 is 15.9 Å². The summed E-state index contributed by atoms with van der Waals surface area (Å²) in [5.41, 5.74) is 8.88. The lowest BCUT2D eigenvalue weighted by Gasteiger charge is -2.27. The molecule has 7 nitrogen and oxygen atoms in total. The van der Waals surface area contributed by atoms with E-state index in [1.54, 1.807) is 25.0 Å². The lowest BCUT2D eigenvalue weighted by molar-refractivity contribution is 0.215. The molecule has 1 aliphatic heterocycles. The van der Waals surface area contributed by atoms with Crippen molar-refractivity contribution in [2.24, 2.45) is 5.73 Å². The first kappa shape index (κ1) is 19.2. The molecule has 1 unspecified atom stereocenters. The highest BCUT2D eigenvalue weighted by molar-refractivity contribution is 9.10. The van der Waals surface area contributed by atoms with Crippen molar-refractivity contribution in [3.63, 3.8) is 0 Å². The maximum atomic E-state index is 9.80. The third kappa shape index (κ3) is 2.90. The van der Waals surface area contributed by atoms with Crippen LogP contribution < -0.4 is 19.9 Å². The van der Waals surface area contributed by atoms with Gasteiger partial charge in [-0.25, -0.2) is 0 Å². The lowest BCUT2D eigenvalue weighted by atomic mass is 9.83. The number of allylic oxidation sites excluding steroid dienone is 1. The van der Waals surface area contributed by atoms with Crippen molar-refractivity contribution in [1.29, 1.82) is 5.26 Å². The first-order valence-corrected chi connectivity index (χ1v) is 9.54. The van der Waals surface area contributed by atoms with E-state index < -0.39 is 5.92 Å². The fourth-order valence-electron chi connectivity index (χ4n) is 3.76. The van der Waals surface area contributed by atoms with E-state index in [1.807, 2.05) is 30.3 Å². The van der Waals surface area contributed by atoms with Gasteiger partial charge in [-0.15, -0.1) is 0 Å². The molecule has 1 atom stereocenters. The lowest BCUT2D eigenvalue weighted by Crippen LogP contribution is -2.21. The van der Waals surface area contributed by atoms with Gasteiger partial charge >= 0.3 is 0 Å². The molecule has 4 rings (SSSR count). The highest BCUT2D eigenvalue weighted by Crippen LogP contribution is 2.48. The van der Waals surface area contributed by atoms with Crippen molar-refractivity contribution in [2.45, 2.75) is 12.6 Å². The van der Waals surface area contributed by atoms with Crippen LogP contribution in [0.2, 0.25) is 0 Å². The molecule has 29 heavy (non-hydrogen) atoms. The van der Waals surface area contributed by atoms with E-state index in [9.17, 15) is 10.4 Å². The van der Waals surface area contributed by atoms with Crippen molar-refractivity contribution < 1.29 is 19.3 Å². The molecule has 1 aliphatic rings. The number of hydrogen-bond donors (Lipinski definition) is 2. The van der Waals surface area contributed by atoms with Crippen LogP contribution in [0.15, 0.2) is 52.5 Å². The topological polar surface area (TPSA) is 103 Å². The van der Waals surface area contributed by atoms with Gasteiger partial charge in [0.1, 0.15) is 24.1 Å². The van der Waals surface area contributed by atoms with Gasteiger partial charge in [0.2, 0.25) is 5.88 Å². The third-order valence-corrected chi connectivity index (χ3v) is 5.66. The average molecular weight is 456 g/mol. The number of aliphatic hydroxyl groups excluding tert-OH is 1. The monoisotopic (exact) mass is 455 g/mol. The molecule has 0 spiro atoms. The molecule has 0 fully saturated rings. The number of benzene rings is 2. The van der Waals surface area contributed by atoms with Crippen LogP contribution in [0.3, 0.4) is 0 Å². The van der Waals surface area contributed by atoms with Gasteiger partial charge in [-0.2, -0.15) is 5.26 Å². The van der Waals surface area contributed by atoms with Crippen LogP contribution in [-0.4, -0.2) is 23.9 Å². The number of nitriles is 1. The molecule has 0 amide bonds. The van der Waals surface area contributed by atoms with Crippen LogP contribution in [0.1, 0.15) is 17.0 Å². The number of aromatic nitrogens is 1. The van der Waals surface area contributed by atoms with Crippen molar-refractivity contribution in [3.05, 3.63) is 63.6 Å². The minimum atomic E-state index is -0.443. The second kappa shape index (κ2) is 7.35. The van der Waals surface area contributed by atoms with Gasteiger partial charge in [-0.05, 0) is 45.8 Å². The number of fused-ring (bicyclic) bond motifs is 3. The average Bonchev–Trinajstić information content (AvgIpc) is 3.15. The molecule has 0 aliphatic carbocycles. The molecule has 1 aromatic heterocycles. The Bertz CT molecular complexity index is 1190. The molecule has 0 saturated carbocycles. The van der Waals surface area contributed by atoms with E-state index in [-0.39, 0.29) is 12.6 Å². The Balaban J connectivity index is 1.99. The highest BCUT2D eigenvalue weighted by Gasteiger charge is 2.33. The van der Waals surface area contributed by atoms with Gasteiger partial charge in [-0.1, -0.05) is 6.07 Å². The molecule has 2 heterocycles. The molecule has 2 aromatic carbocycles. The first-order chi connectivity index (χ1) is 14.0. The number of hydrogen-bond acceptors (Lipinski definition) is 6. The number of nitrogens with two attached hydrogens (primary N) is 1. The largest absolute Gasteiger partial charge is 0.493 e. The summed E-state index contributed by atoms with van der Waals surface area (Å²) < 4.78 is 19.1. The van der Waals surface area contributed by atoms with E-state index in [2.05, 4.69) is 22.0 Å². The van der Waals surface area contributed by atoms with Crippen molar-refractivity contribution >= 4 is 26.8 Å². The summed E-state index contributed by atoms with van der Waals surface area (Å²) in [4.78, 5) is 0. The number of halogens is 1. The van der Waals surface area contributed by atoms with E-state index in [0.29, 0.717) is 27.3 Å². The zero-order valence-electron chi connectivity index (χ0n) is 15.8. The number of ether oxygens (including phenoxy) is 3. The smallest absolute Gasteiger partial charge is 0.205 e. The summed E-state index contributed by atoms with van der Waals surface area (Å²) in [5, 5.41) is 20.1. The molecule has 148 valence electrons. The van der Waals surface area contributed by atoms with Gasteiger partial charge in [0.15, 0.2) is 11.5 Å². The summed E-state index contributed by atoms with van der Waals surface area (Å²) in [7, 11) is 3.12. The Hall–Kier alpha value is -3.15. The zero-order valence-corrected chi connectivity index (χ0v) is 17.4. The Morgan fingerprint density at radius 1 is 1.28 bits per heavy atom. The molecular formula is C21H18BrN3O4. The van der Waals surface area contributed by atoms with Crippen LogP contribution in [0.5, 0.6) is 17.2 Å². The summed E-state index contributed by atoms with van der Waals surface area (Å²) in [6.07, 6.45) is 1.77. The number of rotatable bonds is 4. The summed E-state index contributed by atoms with van der Waals surface area (Å²) >= 11 is 3.52. The van der Waals surface area contributed by atoms with Gasteiger partial charge in [0.05, 0.1) is 30.1 Å². The Morgan fingerprint density at radius 2 is 2.07 bits per heavy atom. The van der Waals surface area contributed by atoms with E-state index >= 15 is 0 Å². The highest BCUT2D eigenvalue weighted by atomic mass is 79.9. The minimum Gasteiger partial charge on any atom is -0.493 e. The maximum absolute atomic E-state index is 9.80. The normalized spacial score (nSPS) is 15.6. The predicted octanol–water partition coefficient (Wildman–Crippen LogP) is 3.59. The zero-order chi connectivity index (χ0) is 20.7. The maximum Gasteiger partial charge on any atom is 0.205 e. The molecule has 3 aromatic rings. The van der Waals surface area contributed by atoms with Crippen LogP contribution in [0.4, 0.5) is 0 Å². The Morgan fingerprint density at radius 3 is 2.72 bits per heavy atom. The number of nitrogens with zero attached hydrogens (tertiary/aromatic N) is 2. The minimum absolute atomic E-state index is 0.0557. The van der Waals surface area contributed by atoms with Crippen molar-refractivity contribution in [3.8, 4) is 23.3 Å². The van der Waals surface area contributed by atoms with Crippen molar-refractivity contribution in [2.75, 3.05) is 14.2 Å². The SMILES string of the molecule is COc1cc(C2C(C#N)=C(N)Oc3c2ccc2c3ccn2CO)cc(Br)c1OC. The number of aliphatic hydroxyl groups is 1. The van der Waals surface area contributed by atoms with Gasteiger partial charge < -0.3 is 29.6 Å². The predicted molar refractivity (Wildman–Crippen MR) is 111 cm³/mol. The molecular weight excluding hydrogens is 438 g/mol. The van der Waals surface area contributed by atoms with Gasteiger partial charge in [-0.3, -0.25) is 0 Å². The number of methoxy groups -OCH3 is 2. The molecule has 3 N–H and O–H groups in total. The van der Waals surface area contributed by atoms with Gasteiger partial charge in [0, 0.05) is 17.1 Å².